The van der Waals surface area contributed by atoms with Crippen LogP contribution in [0.4, 0.5) is 15.3 Å². The molecule has 1 aromatic rings. The second-order valence-electron chi connectivity index (χ2n) is 3.21. The van der Waals surface area contributed by atoms with Crippen LogP contribution in [0.2, 0.25) is 0 Å². The normalized spacial score (nSPS) is 9.72. The Morgan fingerprint density at radius 3 is 2.17 bits per heavy atom. The molecule has 0 bridgehead atoms. The first-order valence-corrected chi connectivity index (χ1v) is 6.28. The molecule has 0 aromatic heterocycles. The summed E-state index contributed by atoms with van der Waals surface area (Å²) >= 11 is 3.28. The highest BCUT2D eigenvalue weighted by Crippen LogP contribution is 2.21. The zero-order valence-electron chi connectivity index (χ0n) is 10.2. The second kappa shape index (κ2) is 7.00. The first kappa shape index (κ1) is 14.5. The van der Waals surface area contributed by atoms with Gasteiger partial charge in [-0.2, -0.15) is 4.90 Å². The van der Waals surface area contributed by atoms with E-state index in [1.165, 1.54) is 0 Å². The molecular weight excluding hydrogens is 302 g/mol. The minimum atomic E-state index is -0.756. The fourth-order valence-electron chi connectivity index (χ4n) is 1.28. The summed E-state index contributed by atoms with van der Waals surface area (Å²) in [5, 5.41) is 0. The molecule has 18 heavy (non-hydrogen) atoms. The molecule has 0 fully saturated rings. The number of ether oxygens (including phenoxy) is 2. The predicted molar refractivity (Wildman–Crippen MR) is 70.7 cm³/mol. The van der Waals surface area contributed by atoms with Crippen molar-refractivity contribution in [2.24, 2.45) is 0 Å². The molecule has 0 saturated heterocycles. The maximum atomic E-state index is 11.8. The van der Waals surface area contributed by atoms with Gasteiger partial charge in [0.2, 0.25) is 0 Å². The lowest BCUT2D eigenvalue weighted by Crippen LogP contribution is -2.38. The Kier molecular flexibility index (Phi) is 5.64. The number of carbonyl (C=O) groups is 2. The van der Waals surface area contributed by atoms with Crippen LogP contribution in [-0.4, -0.2) is 25.4 Å². The SMILES string of the molecule is CCOC(=O)N(C(=O)OCC)c1cccc(Br)c1. The number of anilines is 1. The molecule has 0 aliphatic carbocycles. The van der Waals surface area contributed by atoms with Crippen molar-refractivity contribution in [2.75, 3.05) is 18.1 Å². The Morgan fingerprint density at radius 2 is 1.72 bits per heavy atom. The van der Waals surface area contributed by atoms with Gasteiger partial charge in [0, 0.05) is 4.47 Å². The number of halogens is 1. The smallest absolute Gasteiger partial charge is 0.424 e. The average molecular weight is 316 g/mol. The van der Waals surface area contributed by atoms with Crippen molar-refractivity contribution < 1.29 is 19.1 Å². The van der Waals surface area contributed by atoms with E-state index in [1.807, 2.05) is 0 Å². The van der Waals surface area contributed by atoms with Crippen LogP contribution in [0.3, 0.4) is 0 Å². The molecule has 0 atom stereocenters. The summed E-state index contributed by atoms with van der Waals surface area (Å²) in [6.07, 6.45) is -1.51. The highest BCUT2D eigenvalue weighted by Gasteiger charge is 2.26. The average Bonchev–Trinajstić information content (AvgIpc) is 2.30. The minimum Gasteiger partial charge on any atom is -0.449 e. The maximum absolute atomic E-state index is 11.8. The van der Waals surface area contributed by atoms with Crippen molar-refractivity contribution in [3.63, 3.8) is 0 Å². The van der Waals surface area contributed by atoms with E-state index in [9.17, 15) is 9.59 Å². The number of benzene rings is 1. The molecule has 6 heteroatoms. The van der Waals surface area contributed by atoms with Crippen LogP contribution in [0.15, 0.2) is 28.7 Å². The molecule has 0 radical (unpaired) electrons. The summed E-state index contributed by atoms with van der Waals surface area (Å²) in [5.74, 6) is 0. The van der Waals surface area contributed by atoms with Crippen LogP contribution in [0.25, 0.3) is 0 Å². The van der Waals surface area contributed by atoms with Gasteiger partial charge in [-0.05, 0) is 32.0 Å². The quantitative estimate of drug-likeness (QED) is 0.855. The first-order chi connectivity index (χ1) is 8.60. The fourth-order valence-corrected chi connectivity index (χ4v) is 1.66. The molecule has 0 spiro atoms. The maximum Gasteiger partial charge on any atom is 0.424 e. The van der Waals surface area contributed by atoms with Crippen molar-refractivity contribution in [2.45, 2.75) is 13.8 Å². The Morgan fingerprint density at radius 1 is 1.17 bits per heavy atom. The monoisotopic (exact) mass is 315 g/mol. The molecule has 1 aromatic carbocycles. The largest absolute Gasteiger partial charge is 0.449 e. The van der Waals surface area contributed by atoms with Gasteiger partial charge in [-0.1, -0.05) is 22.0 Å². The lowest BCUT2D eigenvalue weighted by molar-refractivity contribution is 0.140. The van der Waals surface area contributed by atoms with E-state index in [-0.39, 0.29) is 13.2 Å². The van der Waals surface area contributed by atoms with Crippen molar-refractivity contribution >= 4 is 33.8 Å². The lowest BCUT2D eigenvalue weighted by atomic mass is 10.3. The second-order valence-corrected chi connectivity index (χ2v) is 4.13. The van der Waals surface area contributed by atoms with Crippen LogP contribution < -0.4 is 4.90 Å². The van der Waals surface area contributed by atoms with Gasteiger partial charge >= 0.3 is 12.2 Å². The summed E-state index contributed by atoms with van der Waals surface area (Å²) in [5.41, 5.74) is 0.390. The van der Waals surface area contributed by atoms with Crippen molar-refractivity contribution in [1.29, 1.82) is 0 Å². The number of imide groups is 1. The molecule has 1 rings (SSSR count). The lowest BCUT2D eigenvalue weighted by Gasteiger charge is -2.19. The molecule has 0 N–H and O–H groups in total. The molecule has 0 heterocycles. The third kappa shape index (κ3) is 3.73. The summed E-state index contributed by atoms with van der Waals surface area (Å²) in [4.78, 5) is 24.4. The number of hydrogen-bond acceptors (Lipinski definition) is 4. The van der Waals surface area contributed by atoms with Crippen molar-refractivity contribution in [1.82, 2.24) is 0 Å². The highest BCUT2D eigenvalue weighted by atomic mass is 79.9. The van der Waals surface area contributed by atoms with Gasteiger partial charge in [0.05, 0.1) is 18.9 Å². The van der Waals surface area contributed by atoms with E-state index < -0.39 is 12.2 Å². The van der Waals surface area contributed by atoms with Crippen molar-refractivity contribution in [3.05, 3.63) is 28.7 Å². The van der Waals surface area contributed by atoms with E-state index in [0.29, 0.717) is 5.69 Å². The molecule has 98 valence electrons. The van der Waals surface area contributed by atoms with Gasteiger partial charge in [-0.15, -0.1) is 0 Å². The van der Waals surface area contributed by atoms with Gasteiger partial charge in [-0.3, -0.25) is 0 Å². The van der Waals surface area contributed by atoms with Crippen LogP contribution in [-0.2, 0) is 9.47 Å². The number of amides is 2. The molecule has 0 saturated carbocycles. The van der Waals surface area contributed by atoms with E-state index in [2.05, 4.69) is 15.9 Å². The van der Waals surface area contributed by atoms with Gasteiger partial charge in [-0.25, -0.2) is 9.59 Å². The molecule has 5 nitrogen and oxygen atoms in total. The Bertz CT molecular complexity index is 418. The molecule has 0 aliphatic heterocycles. The fraction of sp³-hybridized carbons (Fsp3) is 0.333. The minimum absolute atomic E-state index is 0.183. The van der Waals surface area contributed by atoms with Gasteiger partial charge in [0.25, 0.3) is 0 Å². The Balaban J connectivity index is 3.03. The highest BCUT2D eigenvalue weighted by molar-refractivity contribution is 9.10. The Labute approximate surface area is 114 Å². The van der Waals surface area contributed by atoms with E-state index in [0.717, 1.165) is 9.37 Å². The van der Waals surface area contributed by atoms with E-state index in [4.69, 9.17) is 9.47 Å². The van der Waals surface area contributed by atoms with Crippen LogP contribution in [0, 0.1) is 0 Å². The predicted octanol–water partition coefficient (Wildman–Crippen LogP) is 3.57. The summed E-state index contributed by atoms with van der Waals surface area (Å²) in [6.45, 7) is 3.70. The third-order valence-corrected chi connectivity index (χ3v) is 2.46. The number of nitrogens with zero attached hydrogens (tertiary/aromatic N) is 1. The van der Waals surface area contributed by atoms with Crippen molar-refractivity contribution in [3.8, 4) is 0 Å². The number of carbonyl (C=O) groups excluding carboxylic acids is 2. The van der Waals surface area contributed by atoms with Gasteiger partial charge in [0.1, 0.15) is 0 Å². The molecular formula is C12H14BrNO4. The molecule has 2 amide bonds. The summed E-state index contributed by atoms with van der Waals surface area (Å²) < 4.78 is 10.4. The van der Waals surface area contributed by atoms with E-state index >= 15 is 0 Å². The number of rotatable bonds is 3. The zero-order chi connectivity index (χ0) is 13.5. The summed E-state index contributed by atoms with van der Waals surface area (Å²) in [6, 6.07) is 6.76. The zero-order valence-corrected chi connectivity index (χ0v) is 11.8. The molecule has 0 unspecified atom stereocenters. The summed E-state index contributed by atoms with van der Waals surface area (Å²) in [7, 11) is 0. The molecule has 0 aliphatic rings. The van der Waals surface area contributed by atoms with Crippen LogP contribution in [0.5, 0.6) is 0 Å². The third-order valence-electron chi connectivity index (χ3n) is 1.97. The Hall–Kier alpha value is -1.56. The standard InChI is InChI=1S/C12H14BrNO4/c1-3-17-11(15)14(12(16)18-4-2)10-7-5-6-9(13)8-10/h5-8H,3-4H2,1-2H3. The van der Waals surface area contributed by atoms with Gasteiger partial charge in [0.15, 0.2) is 0 Å². The van der Waals surface area contributed by atoms with Gasteiger partial charge < -0.3 is 9.47 Å². The number of hydrogen-bond donors (Lipinski definition) is 0. The topological polar surface area (TPSA) is 55.8 Å². The first-order valence-electron chi connectivity index (χ1n) is 5.49. The van der Waals surface area contributed by atoms with Crippen LogP contribution in [0.1, 0.15) is 13.8 Å². The van der Waals surface area contributed by atoms with Crippen LogP contribution >= 0.6 is 15.9 Å². The van der Waals surface area contributed by atoms with E-state index in [1.54, 1.807) is 38.1 Å².